The number of nitrogens with zero attached hydrogens (tertiary/aromatic N) is 2. The van der Waals surface area contributed by atoms with Crippen molar-refractivity contribution < 1.29 is 9.53 Å². The van der Waals surface area contributed by atoms with Gasteiger partial charge in [-0.25, -0.2) is 0 Å². The maximum Gasteiger partial charge on any atom is 0.227 e. The molecule has 0 N–H and O–H groups in total. The minimum absolute atomic E-state index is 0.0309. The van der Waals surface area contributed by atoms with Crippen LogP contribution in [-0.4, -0.2) is 37.6 Å². The van der Waals surface area contributed by atoms with Crippen molar-refractivity contribution in [3.8, 4) is 5.75 Å². The lowest BCUT2D eigenvalue weighted by Crippen LogP contribution is -2.45. The number of piperidine rings is 1. The highest BCUT2D eigenvalue weighted by Crippen LogP contribution is 2.48. The molecule has 0 bridgehead atoms. The van der Waals surface area contributed by atoms with Crippen LogP contribution >= 0.6 is 0 Å². The number of hydrogen-bond acceptors (Lipinski definition) is 3. The molecule has 1 fully saturated rings. The molecule has 2 aliphatic heterocycles. The van der Waals surface area contributed by atoms with Crippen LogP contribution in [0.3, 0.4) is 0 Å². The van der Waals surface area contributed by atoms with Gasteiger partial charge in [-0.15, -0.1) is 0 Å². The van der Waals surface area contributed by atoms with Crippen molar-refractivity contribution >= 4 is 11.6 Å². The minimum Gasteiger partial charge on any atom is -0.497 e. The Balaban J connectivity index is 1.49. The zero-order chi connectivity index (χ0) is 23.8. The van der Waals surface area contributed by atoms with Crippen LogP contribution in [0.4, 0.5) is 5.69 Å². The SMILES string of the molecule is COc1ccc2c(c1)C1(CCN(Cc3ccc(C(C)(C)C)cc3)CC1)CN2C(=O)CC(C)C. The third-order valence-electron chi connectivity index (χ3n) is 7.45. The van der Waals surface area contributed by atoms with E-state index in [1.165, 1.54) is 16.7 Å². The van der Waals surface area contributed by atoms with Crippen LogP contribution in [0.5, 0.6) is 5.75 Å². The molecule has 0 unspecified atom stereocenters. The number of benzene rings is 2. The second-order valence-corrected chi connectivity index (χ2v) is 11.5. The molecule has 0 aromatic heterocycles. The van der Waals surface area contributed by atoms with Gasteiger partial charge in [-0.3, -0.25) is 9.69 Å². The Hall–Kier alpha value is -2.33. The molecule has 4 rings (SSSR count). The van der Waals surface area contributed by atoms with Crippen LogP contribution in [0, 0.1) is 5.92 Å². The number of hydrogen-bond donors (Lipinski definition) is 0. The lowest BCUT2D eigenvalue weighted by atomic mass is 9.74. The van der Waals surface area contributed by atoms with Gasteiger partial charge < -0.3 is 9.64 Å². The highest BCUT2D eigenvalue weighted by Gasteiger charge is 2.46. The van der Waals surface area contributed by atoms with Gasteiger partial charge in [0, 0.05) is 30.6 Å². The minimum atomic E-state index is 0.0309. The molecular weight excluding hydrogens is 408 g/mol. The number of likely N-dealkylation sites (tertiary alicyclic amines) is 1. The first-order chi connectivity index (χ1) is 15.6. The van der Waals surface area contributed by atoms with Crippen LogP contribution in [-0.2, 0) is 22.2 Å². The molecule has 2 aromatic rings. The summed E-state index contributed by atoms with van der Waals surface area (Å²) in [5, 5.41) is 0. The second kappa shape index (κ2) is 9.13. The van der Waals surface area contributed by atoms with Crippen molar-refractivity contribution in [2.24, 2.45) is 5.92 Å². The van der Waals surface area contributed by atoms with Crippen LogP contribution < -0.4 is 9.64 Å². The van der Waals surface area contributed by atoms with Gasteiger partial charge in [-0.05, 0) is 72.2 Å². The van der Waals surface area contributed by atoms with Gasteiger partial charge in [0.2, 0.25) is 5.91 Å². The van der Waals surface area contributed by atoms with E-state index in [-0.39, 0.29) is 16.7 Å². The quantitative estimate of drug-likeness (QED) is 0.569. The maximum atomic E-state index is 13.1. The maximum absolute atomic E-state index is 13.1. The van der Waals surface area contributed by atoms with Crippen molar-refractivity contribution in [3.63, 3.8) is 0 Å². The number of methoxy groups -OCH3 is 1. The second-order valence-electron chi connectivity index (χ2n) is 11.5. The summed E-state index contributed by atoms with van der Waals surface area (Å²) in [6.07, 6.45) is 2.73. The number of carbonyl (C=O) groups is 1. The molecule has 4 heteroatoms. The van der Waals surface area contributed by atoms with Gasteiger partial charge >= 0.3 is 0 Å². The molecule has 2 heterocycles. The number of carbonyl (C=O) groups excluding carboxylic acids is 1. The summed E-state index contributed by atoms with van der Waals surface area (Å²) in [7, 11) is 1.72. The predicted molar refractivity (Wildman–Crippen MR) is 136 cm³/mol. The van der Waals surface area contributed by atoms with Crippen LogP contribution in [0.25, 0.3) is 0 Å². The molecule has 33 heavy (non-hydrogen) atoms. The van der Waals surface area contributed by atoms with Crippen molar-refractivity contribution in [3.05, 3.63) is 59.2 Å². The van der Waals surface area contributed by atoms with Gasteiger partial charge in [0.1, 0.15) is 5.75 Å². The Morgan fingerprint density at radius 3 is 2.30 bits per heavy atom. The highest BCUT2D eigenvalue weighted by atomic mass is 16.5. The summed E-state index contributed by atoms with van der Waals surface area (Å²) in [5.41, 5.74) is 5.36. The molecule has 1 amide bonds. The summed E-state index contributed by atoms with van der Waals surface area (Å²) in [6, 6.07) is 15.4. The largest absolute Gasteiger partial charge is 0.497 e. The molecular formula is C29H40N2O2. The lowest BCUT2D eigenvalue weighted by Gasteiger charge is -2.40. The molecule has 1 spiro atoms. The summed E-state index contributed by atoms with van der Waals surface area (Å²) in [4.78, 5) is 17.7. The Morgan fingerprint density at radius 1 is 1.06 bits per heavy atom. The normalized spacial score (nSPS) is 18.1. The number of amides is 1. The molecule has 0 radical (unpaired) electrons. The fraction of sp³-hybridized carbons (Fsp3) is 0.552. The summed E-state index contributed by atoms with van der Waals surface area (Å²) < 4.78 is 5.55. The Kier molecular flexibility index (Phi) is 6.59. The monoisotopic (exact) mass is 448 g/mol. The average molecular weight is 449 g/mol. The summed E-state index contributed by atoms with van der Waals surface area (Å²) >= 11 is 0. The van der Waals surface area contributed by atoms with Crippen molar-refractivity contribution in [2.45, 2.75) is 71.3 Å². The van der Waals surface area contributed by atoms with E-state index in [9.17, 15) is 4.79 Å². The first kappa shape index (κ1) is 23.8. The predicted octanol–water partition coefficient (Wildman–Crippen LogP) is 5.92. The molecule has 2 aromatic carbocycles. The topological polar surface area (TPSA) is 32.8 Å². The highest BCUT2D eigenvalue weighted by molar-refractivity contribution is 5.96. The fourth-order valence-corrected chi connectivity index (χ4v) is 5.39. The smallest absolute Gasteiger partial charge is 0.227 e. The molecule has 0 atom stereocenters. The fourth-order valence-electron chi connectivity index (χ4n) is 5.39. The van der Waals surface area contributed by atoms with E-state index < -0.39 is 0 Å². The van der Waals surface area contributed by atoms with Gasteiger partial charge in [-0.2, -0.15) is 0 Å². The van der Waals surface area contributed by atoms with Crippen molar-refractivity contribution in [1.82, 2.24) is 4.90 Å². The van der Waals surface area contributed by atoms with Gasteiger partial charge in [0.05, 0.1) is 7.11 Å². The molecule has 2 aliphatic rings. The molecule has 1 saturated heterocycles. The van der Waals surface area contributed by atoms with Gasteiger partial charge in [0.25, 0.3) is 0 Å². The van der Waals surface area contributed by atoms with Gasteiger partial charge in [-0.1, -0.05) is 58.9 Å². The Labute approximate surface area is 199 Å². The standard InChI is InChI=1S/C29H40N2O2/c1-21(2)17-27(32)31-20-29(25-18-24(33-6)11-12-26(25)31)13-15-30(16-14-29)19-22-7-9-23(10-8-22)28(3,4)5/h7-12,18,21H,13-17,19-20H2,1-6H3. The molecule has 0 saturated carbocycles. The van der Waals surface area contributed by atoms with E-state index >= 15 is 0 Å². The average Bonchev–Trinajstić information content (AvgIpc) is 3.08. The number of rotatable bonds is 5. The van der Waals surface area contributed by atoms with E-state index in [0.717, 1.165) is 50.5 Å². The van der Waals surface area contributed by atoms with Crippen molar-refractivity contribution in [1.29, 1.82) is 0 Å². The third-order valence-corrected chi connectivity index (χ3v) is 7.45. The zero-order valence-electron chi connectivity index (χ0n) is 21.3. The lowest BCUT2D eigenvalue weighted by molar-refractivity contribution is -0.119. The molecule has 178 valence electrons. The summed E-state index contributed by atoms with van der Waals surface area (Å²) in [5.74, 6) is 1.49. The number of ether oxygens (including phenoxy) is 1. The van der Waals surface area contributed by atoms with E-state index in [2.05, 4.69) is 80.8 Å². The zero-order valence-corrected chi connectivity index (χ0v) is 21.3. The van der Waals surface area contributed by atoms with Crippen LogP contribution in [0.15, 0.2) is 42.5 Å². The van der Waals surface area contributed by atoms with E-state index in [1.807, 2.05) is 6.07 Å². The van der Waals surface area contributed by atoms with Crippen molar-refractivity contribution in [2.75, 3.05) is 31.6 Å². The van der Waals surface area contributed by atoms with Gasteiger partial charge in [0.15, 0.2) is 0 Å². The molecule has 4 nitrogen and oxygen atoms in total. The van der Waals surface area contributed by atoms with E-state index in [0.29, 0.717) is 12.3 Å². The Morgan fingerprint density at radius 2 is 1.73 bits per heavy atom. The van der Waals surface area contributed by atoms with Crippen LogP contribution in [0.1, 0.15) is 70.6 Å². The third kappa shape index (κ3) is 4.96. The number of anilines is 1. The van der Waals surface area contributed by atoms with E-state index in [1.54, 1.807) is 7.11 Å². The summed E-state index contributed by atoms with van der Waals surface area (Å²) in [6.45, 7) is 14.9. The molecule has 0 aliphatic carbocycles. The first-order valence-electron chi connectivity index (χ1n) is 12.4. The first-order valence-corrected chi connectivity index (χ1v) is 12.4. The van der Waals surface area contributed by atoms with Crippen LogP contribution in [0.2, 0.25) is 0 Å². The Bertz CT molecular complexity index is 980. The number of fused-ring (bicyclic) bond motifs is 2. The van der Waals surface area contributed by atoms with E-state index in [4.69, 9.17) is 4.74 Å².